The van der Waals surface area contributed by atoms with Gasteiger partial charge in [-0.05, 0) is 25.0 Å². The molecule has 3 nitrogen and oxygen atoms in total. The molecule has 0 bridgehead atoms. The Hall–Kier alpha value is -1.51. The van der Waals surface area contributed by atoms with Gasteiger partial charge in [-0.3, -0.25) is 4.99 Å². The van der Waals surface area contributed by atoms with Gasteiger partial charge in [0.05, 0.1) is 5.84 Å². The van der Waals surface area contributed by atoms with E-state index in [1.54, 1.807) is 0 Å². The molecule has 1 aromatic carbocycles. The van der Waals surface area contributed by atoms with Crippen LogP contribution in [0.15, 0.2) is 35.3 Å². The zero-order valence-corrected chi connectivity index (χ0v) is 10.9. The van der Waals surface area contributed by atoms with E-state index in [9.17, 15) is 0 Å². The molecule has 0 saturated heterocycles. The van der Waals surface area contributed by atoms with Crippen molar-refractivity contribution in [2.75, 3.05) is 25.0 Å². The topological polar surface area (TPSA) is 41.6 Å². The Bertz CT molecular complexity index is 333. The number of para-hydroxylation sites is 1. The summed E-state index contributed by atoms with van der Waals surface area (Å²) in [5, 5.41) is 0. The summed E-state index contributed by atoms with van der Waals surface area (Å²) in [5.74, 6) is 0.787. The largest absolute Gasteiger partial charge is 0.387 e. The van der Waals surface area contributed by atoms with E-state index in [0.29, 0.717) is 0 Å². The summed E-state index contributed by atoms with van der Waals surface area (Å²) in [6.07, 6.45) is 3.02. The van der Waals surface area contributed by atoms with Gasteiger partial charge in [-0.25, -0.2) is 0 Å². The fourth-order valence-corrected chi connectivity index (χ4v) is 1.68. The summed E-state index contributed by atoms with van der Waals surface area (Å²) in [5.41, 5.74) is 7.00. The average Bonchev–Trinajstić information content (AvgIpc) is 2.36. The number of nitrogens with zero attached hydrogens (tertiary/aromatic N) is 2. The molecular weight excluding hydrogens is 210 g/mol. The van der Waals surface area contributed by atoms with Crippen LogP contribution in [0, 0.1) is 0 Å². The standard InChI is InChI=1S/C14H23N3/c1-3-8-14(15)16-11-7-12-17(2)13-9-5-4-6-10-13/h4-6,9-10H,3,7-8,11-12H2,1-2H3,(H2,15,16). The van der Waals surface area contributed by atoms with Crippen LogP contribution in [-0.2, 0) is 0 Å². The van der Waals surface area contributed by atoms with Crippen LogP contribution in [-0.4, -0.2) is 26.0 Å². The lowest BCUT2D eigenvalue weighted by Gasteiger charge is -2.18. The van der Waals surface area contributed by atoms with Crippen LogP contribution in [0.5, 0.6) is 0 Å². The second kappa shape index (κ2) is 7.71. The van der Waals surface area contributed by atoms with Gasteiger partial charge in [0.1, 0.15) is 0 Å². The highest BCUT2D eigenvalue weighted by molar-refractivity contribution is 5.80. The highest BCUT2D eigenvalue weighted by Crippen LogP contribution is 2.10. The third kappa shape index (κ3) is 5.38. The number of aliphatic imine (C=N–C) groups is 1. The molecule has 17 heavy (non-hydrogen) atoms. The van der Waals surface area contributed by atoms with Crippen molar-refractivity contribution in [3.8, 4) is 0 Å². The van der Waals surface area contributed by atoms with Crippen LogP contribution in [0.1, 0.15) is 26.2 Å². The fraction of sp³-hybridized carbons (Fsp3) is 0.500. The van der Waals surface area contributed by atoms with Crippen molar-refractivity contribution in [1.82, 2.24) is 0 Å². The van der Waals surface area contributed by atoms with Gasteiger partial charge in [0.25, 0.3) is 0 Å². The van der Waals surface area contributed by atoms with E-state index >= 15 is 0 Å². The van der Waals surface area contributed by atoms with Gasteiger partial charge in [-0.1, -0.05) is 25.1 Å². The highest BCUT2D eigenvalue weighted by Gasteiger charge is 1.98. The van der Waals surface area contributed by atoms with Gasteiger partial charge in [0.2, 0.25) is 0 Å². The van der Waals surface area contributed by atoms with E-state index in [-0.39, 0.29) is 0 Å². The molecule has 0 aliphatic heterocycles. The lowest BCUT2D eigenvalue weighted by Crippen LogP contribution is -2.19. The molecule has 1 aromatic rings. The number of anilines is 1. The van der Waals surface area contributed by atoms with Crippen LogP contribution >= 0.6 is 0 Å². The molecule has 1 rings (SSSR count). The molecule has 0 atom stereocenters. The minimum absolute atomic E-state index is 0.787. The number of benzene rings is 1. The Balaban J connectivity index is 2.25. The average molecular weight is 233 g/mol. The minimum atomic E-state index is 0.787. The van der Waals surface area contributed by atoms with Crippen LogP contribution in [0.25, 0.3) is 0 Å². The zero-order chi connectivity index (χ0) is 12.5. The minimum Gasteiger partial charge on any atom is -0.387 e. The predicted octanol–water partition coefficient (Wildman–Crippen LogP) is 2.67. The first-order chi connectivity index (χ1) is 8.24. The third-order valence-electron chi connectivity index (χ3n) is 2.67. The normalized spacial score (nSPS) is 11.5. The second-order valence-electron chi connectivity index (χ2n) is 4.23. The molecule has 3 heteroatoms. The molecule has 94 valence electrons. The smallest absolute Gasteiger partial charge is 0.0936 e. The first-order valence-corrected chi connectivity index (χ1v) is 6.29. The summed E-state index contributed by atoms with van der Waals surface area (Å²) in [7, 11) is 2.11. The molecule has 0 unspecified atom stereocenters. The molecule has 0 amide bonds. The first kappa shape index (κ1) is 13.6. The molecule has 0 aliphatic carbocycles. The Morgan fingerprint density at radius 2 is 2.00 bits per heavy atom. The van der Waals surface area contributed by atoms with Crippen molar-refractivity contribution in [2.45, 2.75) is 26.2 Å². The van der Waals surface area contributed by atoms with E-state index in [4.69, 9.17) is 5.73 Å². The molecule has 0 heterocycles. The number of amidine groups is 1. The van der Waals surface area contributed by atoms with E-state index in [0.717, 1.165) is 38.2 Å². The van der Waals surface area contributed by atoms with E-state index in [1.807, 2.05) is 6.07 Å². The SMILES string of the molecule is CCCC(N)=NCCCN(C)c1ccccc1. The summed E-state index contributed by atoms with van der Waals surface area (Å²) in [4.78, 5) is 6.59. The molecule has 0 fully saturated rings. The molecule has 0 spiro atoms. The molecule has 2 N–H and O–H groups in total. The Kier molecular flexibility index (Phi) is 6.15. The van der Waals surface area contributed by atoms with E-state index in [1.165, 1.54) is 5.69 Å². The summed E-state index contributed by atoms with van der Waals surface area (Å²) >= 11 is 0. The van der Waals surface area contributed by atoms with Crippen molar-refractivity contribution in [2.24, 2.45) is 10.7 Å². The maximum atomic E-state index is 5.75. The van der Waals surface area contributed by atoms with E-state index < -0.39 is 0 Å². The lowest BCUT2D eigenvalue weighted by atomic mass is 10.3. The van der Waals surface area contributed by atoms with Crippen molar-refractivity contribution in [3.05, 3.63) is 30.3 Å². The van der Waals surface area contributed by atoms with Gasteiger partial charge in [0, 0.05) is 32.2 Å². The Morgan fingerprint density at radius 3 is 2.65 bits per heavy atom. The summed E-state index contributed by atoms with van der Waals surface area (Å²) in [6, 6.07) is 10.4. The van der Waals surface area contributed by atoms with Gasteiger partial charge in [-0.2, -0.15) is 0 Å². The highest BCUT2D eigenvalue weighted by atomic mass is 15.1. The van der Waals surface area contributed by atoms with Gasteiger partial charge in [-0.15, -0.1) is 0 Å². The summed E-state index contributed by atoms with van der Waals surface area (Å²) < 4.78 is 0. The quantitative estimate of drug-likeness (QED) is 0.447. The van der Waals surface area contributed by atoms with Gasteiger partial charge < -0.3 is 10.6 Å². The fourth-order valence-electron chi connectivity index (χ4n) is 1.68. The molecular formula is C14H23N3. The maximum absolute atomic E-state index is 5.75. The van der Waals surface area contributed by atoms with Crippen molar-refractivity contribution >= 4 is 11.5 Å². The number of hydrogen-bond acceptors (Lipinski definition) is 2. The third-order valence-corrected chi connectivity index (χ3v) is 2.67. The summed E-state index contributed by atoms with van der Waals surface area (Å²) in [6.45, 7) is 3.95. The monoisotopic (exact) mass is 233 g/mol. The number of rotatable bonds is 7. The maximum Gasteiger partial charge on any atom is 0.0936 e. The van der Waals surface area contributed by atoms with Crippen LogP contribution in [0.3, 0.4) is 0 Å². The molecule has 0 aliphatic rings. The Morgan fingerprint density at radius 1 is 1.29 bits per heavy atom. The van der Waals surface area contributed by atoms with Gasteiger partial charge >= 0.3 is 0 Å². The molecule has 0 radical (unpaired) electrons. The van der Waals surface area contributed by atoms with Gasteiger partial charge in [0.15, 0.2) is 0 Å². The predicted molar refractivity (Wildman–Crippen MR) is 75.7 cm³/mol. The van der Waals surface area contributed by atoms with Crippen molar-refractivity contribution < 1.29 is 0 Å². The van der Waals surface area contributed by atoms with Crippen LogP contribution in [0.4, 0.5) is 5.69 Å². The number of nitrogens with two attached hydrogens (primary N) is 1. The van der Waals surface area contributed by atoms with E-state index in [2.05, 4.69) is 48.1 Å². The molecule has 0 saturated carbocycles. The second-order valence-corrected chi connectivity index (χ2v) is 4.23. The van der Waals surface area contributed by atoms with Crippen molar-refractivity contribution in [3.63, 3.8) is 0 Å². The Labute approximate surface area is 104 Å². The first-order valence-electron chi connectivity index (χ1n) is 6.29. The van der Waals surface area contributed by atoms with Crippen LogP contribution in [0.2, 0.25) is 0 Å². The van der Waals surface area contributed by atoms with Crippen LogP contribution < -0.4 is 10.6 Å². The molecule has 0 aromatic heterocycles. The lowest BCUT2D eigenvalue weighted by molar-refractivity contribution is 0.792. The van der Waals surface area contributed by atoms with Crippen molar-refractivity contribution in [1.29, 1.82) is 0 Å². The number of hydrogen-bond donors (Lipinski definition) is 1. The zero-order valence-electron chi connectivity index (χ0n) is 10.9.